The SMILES string of the molecule is N#CC(C(=O)c1ccc(Cl)c(F)c1)c1ccc(F)cc1. The van der Waals surface area contributed by atoms with E-state index in [1.807, 2.05) is 6.07 Å². The average Bonchev–Trinajstić information content (AvgIpc) is 2.44. The first-order valence-electron chi connectivity index (χ1n) is 5.67. The van der Waals surface area contributed by atoms with Crippen LogP contribution < -0.4 is 0 Å². The van der Waals surface area contributed by atoms with Crippen LogP contribution in [-0.2, 0) is 0 Å². The number of rotatable bonds is 3. The van der Waals surface area contributed by atoms with Gasteiger partial charge < -0.3 is 0 Å². The Labute approximate surface area is 119 Å². The smallest absolute Gasteiger partial charge is 0.184 e. The van der Waals surface area contributed by atoms with Gasteiger partial charge in [-0.3, -0.25) is 4.79 Å². The van der Waals surface area contributed by atoms with Gasteiger partial charge in [-0.15, -0.1) is 0 Å². The lowest BCUT2D eigenvalue weighted by Crippen LogP contribution is -2.11. The molecule has 20 heavy (non-hydrogen) atoms. The summed E-state index contributed by atoms with van der Waals surface area (Å²) >= 11 is 5.54. The molecule has 0 saturated heterocycles. The monoisotopic (exact) mass is 291 g/mol. The molecule has 0 N–H and O–H groups in total. The van der Waals surface area contributed by atoms with E-state index < -0.39 is 23.3 Å². The van der Waals surface area contributed by atoms with Crippen molar-refractivity contribution in [1.82, 2.24) is 0 Å². The Hall–Kier alpha value is -2.25. The Morgan fingerprint density at radius 2 is 1.80 bits per heavy atom. The maximum atomic E-state index is 13.3. The molecule has 1 atom stereocenters. The zero-order valence-electron chi connectivity index (χ0n) is 10.1. The van der Waals surface area contributed by atoms with E-state index in [0.717, 1.165) is 18.2 Å². The molecule has 5 heteroatoms. The second-order valence-electron chi connectivity index (χ2n) is 4.11. The van der Waals surface area contributed by atoms with Gasteiger partial charge in [0.25, 0.3) is 0 Å². The van der Waals surface area contributed by atoms with E-state index in [0.29, 0.717) is 5.56 Å². The summed E-state index contributed by atoms with van der Waals surface area (Å²) in [5.74, 6) is -2.87. The molecule has 0 aromatic heterocycles. The fourth-order valence-electron chi connectivity index (χ4n) is 1.76. The van der Waals surface area contributed by atoms with Crippen LogP contribution in [0.3, 0.4) is 0 Å². The summed E-state index contributed by atoms with van der Waals surface area (Å²) in [4.78, 5) is 12.2. The summed E-state index contributed by atoms with van der Waals surface area (Å²) in [5, 5.41) is 9.02. The number of hydrogen-bond donors (Lipinski definition) is 0. The van der Waals surface area contributed by atoms with Crippen molar-refractivity contribution in [2.24, 2.45) is 0 Å². The normalized spacial score (nSPS) is 11.7. The summed E-state index contributed by atoms with van der Waals surface area (Å²) in [7, 11) is 0. The second-order valence-corrected chi connectivity index (χ2v) is 4.51. The molecule has 0 aliphatic heterocycles. The number of benzene rings is 2. The highest BCUT2D eigenvalue weighted by Gasteiger charge is 2.22. The zero-order chi connectivity index (χ0) is 14.7. The first kappa shape index (κ1) is 14.2. The quantitative estimate of drug-likeness (QED) is 0.799. The Bertz CT molecular complexity index is 692. The third-order valence-corrected chi connectivity index (χ3v) is 3.11. The molecule has 0 fully saturated rings. The number of nitrogens with zero attached hydrogens (tertiary/aromatic N) is 1. The molecule has 0 aliphatic rings. The van der Waals surface area contributed by atoms with Gasteiger partial charge in [0.2, 0.25) is 0 Å². The van der Waals surface area contributed by atoms with Crippen LogP contribution in [0.2, 0.25) is 5.02 Å². The zero-order valence-corrected chi connectivity index (χ0v) is 10.9. The van der Waals surface area contributed by atoms with Gasteiger partial charge in [-0.1, -0.05) is 23.7 Å². The van der Waals surface area contributed by atoms with Crippen LogP contribution in [0.15, 0.2) is 42.5 Å². The first-order chi connectivity index (χ1) is 9.52. The molecule has 0 bridgehead atoms. The number of ketones is 1. The van der Waals surface area contributed by atoms with Gasteiger partial charge in [-0.2, -0.15) is 5.26 Å². The van der Waals surface area contributed by atoms with Crippen molar-refractivity contribution >= 4 is 17.4 Å². The lowest BCUT2D eigenvalue weighted by molar-refractivity contribution is 0.0978. The van der Waals surface area contributed by atoms with Gasteiger partial charge in [0.05, 0.1) is 11.1 Å². The fraction of sp³-hybridized carbons (Fsp3) is 0.0667. The average molecular weight is 292 g/mol. The van der Waals surface area contributed by atoms with E-state index in [2.05, 4.69) is 0 Å². The molecule has 0 amide bonds. The van der Waals surface area contributed by atoms with Crippen molar-refractivity contribution in [2.45, 2.75) is 5.92 Å². The Morgan fingerprint density at radius 1 is 1.15 bits per heavy atom. The van der Waals surface area contributed by atoms with Crippen molar-refractivity contribution in [1.29, 1.82) is 5.26 Å². The Kier molecular flexibility index (Phi) is 4.11. The predicted molar refractivity (Wildman–Crippen MR) is 70.5 cm³/mol. The molecular weight excluding hydrogens is 284 g/mol. The van der Waals surface area contributed by atoms with E-state index in [1.165, 1.54) is 24.3 Å². The van der Waals surface area contributed by atoms with Crippen molar-refractivity contribution in [3.05, 3.63) is 70.2 Å². The number of carbonyl (C=O) groups excluding carboxylic acids is 1. The number of hydrogen-bond acceptors (Lipinski definition) is 2. The summed E-state index contributed by atoms with van der Waals surface area (Å²) < 4.78 is 26.2. The van der Waals surface area contributed by atoms with Crippen LogP contribution in [-0.4, -0.2) is 5.78 Å². The third-order valence-electron chi connectivity index (χ3n) is 2.80. The lowest BCUT2D eigenvalue weighted by Gasteiger charge is -2.09. The van der Waals surface area contributed by atoms with E-state index >= 15 is 0 Å². The molecule has 2 rings (SSSR count). The van der Waals surface area contributed by atoms with Crippen LogP contribution >= 0.6 is 11.6 Å². The minimum absolute atomic E-state index is 0.0442. The molecule has 2 aromatic carbocycles. The van der Waals surface area contributed by atoms with E-state index in [4.69, 9.17) is 16.9 Å². The van der Waals surface area contributed by atoms with Gasteiger partial charge >= 0.3 is 0 Å². The van der Waals surface area contributed by atoms with Crippen LogP contribution in [0.25, 0.3) is 0 Å². The van der Waals surface area contributed by atoms with Crippen LogP contribution in [0.1, 0.15) is 21.8 Å². The van der Waals surface area contributed by atoms with Crippen molar-refractivity contribution < 1.29 is 13.6 Å². The van der Waals surface area contributed by atoms with Crippen LogP contribution in [0, 0.1) is 23.0 Å². The van der Waals surface area contributed by atoms with E-state index in [9.17, 15) is 13.6 Å². The van der Waals surface area contributed by atoms with Gasteiger partial charge in [-0.25, -0.2) is 8.78 Å². The Morgan fingerprint density at radius 3 is 2.35 bits per heavy atom. The molecule has 0 spiro atoms. The molecule has 0 radical (unpaired) electrons. The number of carbonyl (C=O) groups is 1. The fourth-order valence-corrected chi connectivity index (χ4v) is 1.87. The molecule has 1 unspecified atom stereocenters. The summed E-state index contributed by atoms with van der Waals surface area (Å²) in [5.41, 5.74) is 0.400. The van der Waals surface area contributed by atoms with Crippen molar-refractivity contribution in [3.63, 3.8) is 0 Å². The third kappa shape index (κ3) is 2.84. The largest absolute Gasteiger partial charge is 0.292 e. The van der Waals surface area contributed by atoms with Gasteiger partial charge in [0.1, 0.15) is 17.6 Å². The highest BCUT2D eigenvalue weighted by molar-refractivity contribution is 6.30. The minimum atomic E-state index is -1.11. The second kappa shape index (κ2) is 5.81. The van der Waals surface area contributed by atoms with Crippen molar-refractivity contribution in [3.8, 4) is 6.07 Å². The maximum absolute atomic E-state index is 13.3. The molecule has 0 saturated carbocycles. The van der Waals surface area contributed by atoms with Gasteiger partial charge in [0, 0.05) is 5.56 Å². The summed E-state index contributed by atoms with van der Waals surface area (Å²) in [6, 6.07) is 10.5. The molecule has 2 nitrogen and oxygen atoms in total. The van der Waals surface area contributed by atoms with Gasteiger partial charge in [-0.05, 0) is 35.9 Å². The van der Waals surface area contributed by atoms with E-state index in [1.54, 1.807) is 0 Å². The molecule has 2 aromatic rings. The topological polar surface area (TPSA) is 40.9 Å². The number of Topliss-reactive ketones (excluding diaryl/α,β-unsaturated/α-hetero) is 1. The lowest BCUT2D eigenvalue weighted by atomic mass is 9.92. The Balaban J connectivity index is 2.36. The van der Waals surface area contributed by atoms with Crippen LogP contribution in [0.4, 0.5) is 8.78 Å². The van der Waals surface area contributed by atoms with Crippen LogP contribution in [0.5, 0.6) is 0 Å². The molecule has 100 valence electrons. The first-order valence-corrected chi connectivity index (χ1v) is 6.05. The highest BCUT2D eigenvalue weighted by atomic mass is 35.5. The number of nitriles is 1. The van der Waals surface area contributed by atoms with E-state index in [-0.39, 0.29) is 10.6 Å². The van der Waals surface area contributed by atoms with Gasteiger partial charge in [0.15, 0.2) is 5.78 Å². The number of halogens is 3. The highest BCUT2D eigenvalue weighted by Crippen LogP contribution is 2.23. The predicted octanol–water partition coefficient (Wildman–Crippen LogP) is 4.11. The van der Waals surface area contributed by atoms with Crippen molar-refractivity contribution in [2.75, 3.05) is 0 Å². The molecule has 0 aliphatic carbocycles. The summed E-state index contributed by atoms with van der Waals surface area (Å²) in [6.07, 6.45) is 0. The maximum Gasteiger partial charge on any atom is 0.184 e. The summed E-state index contributed by atoms with van der Waals surface area (Å²) in [6.45, 7) is 0. The molecular formula is C15H8ClF2NO. The standard InChI is InChI=1S/C15H8ClF2NO/c16-13-6-3-10(7-14(13)18)15(20)12(8-19)9-1-4-11(17)5-2-9/h1-7,12H. The molecule has 0 heterocycles. The minimum Gasteiger partial charge on any atom is -0.292 e.